The van der Waals surface area contributed by atoms with Gasteiger partial charge in [0.15, 0.2) is 5.69 Å². The van der Waals surface area contributed by atoms with Gasteiger partial charge in [0.25, 0.3) is 5.91 Å². The monoisotopic (exact) mass is 599 g/mol. The summed E-state index contributed by atoms with van der Waals surface area (Å²) in [5, 5.41) is 12.6. The number of nitrogens with zero attached hydrogens (tertiary/aromatic N) is 3. The van der Waals surface area contributed by atoms with Gasteiger partial charge in [0.1, 0.15) is 17.2 Å². The van der Waals surface area contributed by atoms with Crippen LogP contribution in [0.3, 0.4) is 0 Å². The van der Waals surface area contributed by atoms with E-state index >= 15 is 0 Å². The molecule has 2 aromatic heterocycles. The van der Waals surface area contributed by atoms with E-state index in [2.05, 4.69) is 24.0 Å². The van der Waals surface area contributed by atoms with Gasteiger partial charge in [-0.15, -0.1) is 18.9 Å². The number of pyridine rings is 1. The first kappa shape index (κ1) is 37.4. The van der Waals surface area contributed by atoms with Crippen LogP contribution in [0.2, 0.25) is 5.02 Å². The fourth-order valence-corrected chi connectivity index (χ4v) is 3.71. The molecule has 2 heterocycles. The fraction of sp³-hybridized carbons (Fsp3) is 0.433. The van der Waals surface area contributed by atoms with Crippen molar-refractivity contribution in [2.45, 2.75) is 65.5 Å². The minimum absolute atomic E-state index is 0.0519. The predicted octanol–water partition coefficient (Wildman–Crippen LogP) is 8.13. The maximum atomic E-state index is 13.5. The number of terminal acetylenes is 1. The third-order valence-electron chi connectivity index (χ3n) is 5.32. The van der Waals surface area contributed by atoms with Crippen molar-refractivity contribution in [1.82, 2.24) is 14.5 Å². The molecule has 11 heteroatoms. The molecule has 0 atom stereocenters. The lowest BCUT2D eigenvalue weighted by atomic mass is 10.1. The number of ketones is 1. The van der Waals surface area contributed by atoms with Crippen molar-refractivity contribution < 1.29 is 32.3 Å². The second-order valence-corrected chi connectivity index (χ2v) is 9.14. The van der Waals surface area contributed by atoms with Gasteiger partial charge in [0.05, 0.1) is 24.3 Å². The van der Waals surface area contributed by atoms with Gasteiger partial charge in [0, 0.05) is 6.54 Å². The molecule has 0 unspecified atom stereocenters. The first-order chi connectivity index (χ1) is 19.4. The Morgan fingerprint density at radius 1 is 1.32 bits per heavy atom. The van der Waals surface area contributed by atoms with Crippen molar-refractivity contribution >= 4 is 28.8 Å². The number of Topliss-reactive ketones (excluding diaryl/α,β-unsaturated/α-hetero) is 1. The third kappa shape index (κ3) is 12.2. The molecule has 3 rings (SSSR count). The van der Waals surface area contributed by atoms with Gasteiger partial charge in [-0.1, -0.05) is 30.7 Å². The number of aliphatic hydroxyl groups is 1. The molecular formula is C30H38ClF4N3O3. The van der Waals surface area contributed by atoms with Crippen molar-refractivity contribution in [2.24, 2.45) is 0 Å². The molecule has 6 nitrogen and oxygen atoms in total. The second kappa shape index (κ2) is 18.7. The largest absolute Gasteiger partial charge is 0.508 e. The van der Waals surface area contributed by atoms with Crippen molar-refractivity contribution in [3.8, 4) is 12.3 Å². The Bertz CT molecular complexity index is 1260. The van der Waals surface area contributed by atoms with Gasteiger partial charge >= 0.3 is 6.18 Å². The minimum Gasteiger partial charge on any atom is -0.508 e. The molecule has 0 bridgehead atoms. The number of aromatic nitrogens is 2. The van der Waals surface area contributed by atoms with Crippen molar-refractivity contribution in [1.29, 1.82) is 0 Å². The maximum Gasteiger partial charge on any atom is 0.433 e. The molecule has 1 amide bonds. The molecule has 1 saturated carbocycles. The van der Waals surface area contributed by atoms with E-state index in [1.807, 2.05) is 13.0 Å². The molecule has 0 aromatic carbocycles. The van der Waals surface area contributed by atoms with Gasteiger partial charge < -0.3 is 10.0 Å². The Morgan fingerprint density at radius 2 is 1.90 bits per heavy atom. The Labute approximate surface area is 244 Å². The Morgan fingerprint density at radius 3 is 2.34 bits per heavy atom. The molecule has 1 aliphatic carbocycles. The van der Waals surface area contributed by atoms with E-state index in [0.29, 0.717) is 29.4 Å². The van der Waals surface area contributed by atoms with Crippen LogP contribution in [0, 0.1) is 12.3 Å². The summed E-state index contributed by atoms with van der Waals surface area (Å²) in [7, 11) is 0.500. The van der Waals surface area contributed by atoms with Crippen LogP contribution in [-0.2, 0) is 11.0 Å². The maximum absolute atomic E-state index is 13.5. The summed E-state index contributed by atoms with van der Waals surface area (Å²) in [6, 6.07) is 2.63. The Kier molecular flexibility index (Phi) is 17.1. The summed E-state index contributed by atoms with van der Waals surface area (Å²) in [6.07, 6.45) is 9.92. The number of aliphatic hydroxyl groups excluding tert-OH is 1. The van der Waals surface area contributed by atoms with Crippen LogP contribution in [0.25, 0.3) is 5.52 Å². The summed E-state index contributed by atoms with van der Waals surface area (Å²) >= 11 is 6.27. The highest BCUT2D eigenvalue weighted by Gasteiger charge is 2.38. The summed E-state index contributed by atoms with van der Waals surface area (Å²) < 4.78 is 50.8. The second-order valence-electron chi connectivity index (χ2n) is 8.76. The molecule has 0 radical (unpaired) electrons. The normalized spacial score (nSPS) is 12.7. The zero-order valence-electron chi connectivity index (χ0n) is 24.1. The van der Waals surface area contributed by atoms with Crippen LogP contribution < -0.4 is 0 Å². The van der Waals surface area contributed by atoms with E-state index in [9.17, 15) is 27.2 Å². The Hall–Kier alpha value is -3.58. The van der Waals surface area contributed by atoms with Crippen molar-refractivity contribution in [2.75, 3.05) is 20.3 Å². The van der Waals surface area contributed by atoms with E-state index in [1.165, 1.54) is 11.8 Å². The molecule has 41 heavy (non-hydrogen) atoms. The van der Waals surface area contributed by atoms with E-state index in [-0.39, 0.29) is 41.0 Å². The molecule has 2 aromatic rings. The van der Waals surface area contributed by atoms with Gasteiger partial charge in [-0.25, -0.2) is 4.52 Å². The number of carbonyl (C=O) groups excluding carboxylic acids is 2. The predicted molar refractivity (Wildman–Crippen MR) is 156 cm³/mol. The van der Waals surface area contributed by atoms with E-state index < -0.39 is 17.8 Å². The number of allylic oxidation sites excluding steroid dienone is 4. The lowest BCUT2D eigenvalue weighted by Gasteiger charge is -2.19. The molecular weight excluding hydrogens is 562 g/mol. The van der Waals surface area contributed by atoms with Gasteiger partial charge in [-0.05, 0) is 82.2 Å². The van der Waals surface area contributed by atoms with Crippen molar-refractivity contribution in [3.05, 3.63) is 70.7 Å². The highest BCUT2D eigenvalue weighted by Crippen LogP contribution is 2.43. The van der Waals surface area contributed by atoms with Gasteiger partial charge in [-0.2, -0.15) is 18.3 Å². The quantitative estimate of drug-likeness (QED) is 0.104. The summed E-state index contributed by atoms with van der Waals surface area (Å²) in [6.45, 7) is 10.3. The number of hydrogen-bond acceptors (Lipinski definition) is 4. The third-order valence-corrected chi connectivity index (χ3v) is 5.69. The SMILES string of the molecule is C#CC.C=CC/C=C\C(O)=C/C.CCCN(CC(C)=O)C(=O)c1nn2c(C(F)(F)F)cc(C3CC3)cc2c1Cl.CF. The molecule has 1 fully saturated rings. The van der Waals surface area contributed by atoms with Crippen LogP contribution in [0.4, 0.5) is 17.6 Å². The highest BCUT2D eigenvalue weighted by atomic mass is 35.5. The fourth-order valence-electron chi connectivity index (χ4n) is 3.45. The van der Waals surface area contributed by atoms with Gasteiger partial charge in [-0.3, -0.25) is 14.0 Å². The first-order valence-electron chi connectivity index (χ1n) is 12.8. The smallest absolute Gasteiger partial charge is 0.433 e. The molecule has 0 aliphatic heterocycles. The average molecular weight is 600 g/mol. The highest BCUT2D eigenvalue weighted by molar-refractivity contribution is 6.36. The number of amides is 1. The zero-order chi connectivity index (χ0) is 31.8. The number of rotatable bonds is 9. The number of alkyl halides is 4. The summed E-state index contributed by atoms with van der Waals surface area (Å²) in [5.74, 6) is 1.75. The van der Waals surface area contributed by atoms with Crippen LogP contribution in [0.5, 0.6) is 0 Å². The van der Waals surface area contributed by atoms with E-state index in [1.54, 1.807) is 38.1 Å². The van der Waals surface area contributed by atoms with Crippen molar-refractivity contribution in [3.63, 3.8) is 0 Å². The molecule has 0 saturated heterocycles. The van der Waals surface area contributed by atoms with Gasteiger partial charge in [0.2, 0.25) is 0 Å². The van der Waals surface area contributed by atoms with E-state index in [4.69, 9.17) is 16.7 Å². The lowest BCUT2D eigenvalue weighted by Crippen LogP contribution is -2.36. The van der Waals surface area contributed by atoms with Crippen LogP contribution in [0.15, 0.2) is 48.8 Å². The van der Waals surface area contributed by atoms with Crippen LogP contribution in [-0.4, -0.2) is 51.6 Å². The number of hydrogen-bond donors (Lipinski definition) is 1. The number of halogens is 5. The summed E-state index contributed by atoms with van der Waals surface area (Å²) in [4.78, 5) is 25.5. The van der Waals surface area contributed by atoms with E-state index in [0.717, 1.165) is 25.3 Å². The van der Waals surface area contributed by atoms with Crippen LogP contribution in [0.1, 0.15) is 81.0 Å². The molecule has 226 valence electrons. The van der Waals surface area contributed by atoms with Crippen LogP contribution >= 0.6 is 11.6 Å². The number of carbonyl (C=O) groups is 2. The topological polar surface area (TPSA) is 74.9 Å². The average Bonchev–Trinajstić information content (AvgIpc) is 3.72. The summed E-state index contributed by atoms with van der Waals surface area (Å²) in [5.41, 5.74) is -0.637. The zero-order valence-corrected chi connectivity index (χ0v) is 24.8. The Balaban J connectivity index is 0.000000960. The lowest BCUT2D eigenvalue weighted by molar-refractivity contribution is -0.142. The first-order valence-corrected chi connectivity index (χ1v) is 13.2. The molecule has 0 spiro atoms. The molecule has 1 N–H and O–H groups in total. The minimum atomic E-state index is -4.64. The molecule has 1 aliphatic rings. The number of fused-ring (bicyclic) bond motifs is 1. The standard InChI is InChI=1S/C18H19ClF3N3O2.C8H12O.C3H4.CH3F/c1-3-6-24(9-10(2)26)17(27)16-15(19)13-7-12(11-4-5-11)8-14(18(20,21)22)25(13)23-16;1-3-5-6-7-8(9)4-2;1-3-2;1-2/h7-8,11H,3-6,9H2,1-2H3;3-4,6-7,9H,1,5H2,2H3;1H,2H3;1H3/b;7-6-,8-4+;;.